The van der Waals surface area contributed by atoms with Gasteiger partial charge in [-0.05, 0) is 43.6 Å². The average molecular weight is 415 g/mol. The van der Waals surface area contributed by atoms with Crippen molar-refractivity contribution in [3.63, 3.8) is 0 Å². The predicted molar refractivity (Wildman–Crippen MR) is 127 cm³/mol. The fraction of sp³-hybridized carbons (Fsp3) is 0.630. The standard InChI is InChI=1S/C27H44NO2/c1-9-29-23(6)28(7,8)26(25-15-13-24(14-16-25)19-21(2)3)30-27(20-22(4)5)17-11-10-12-18-27/h10-17,21-23,26H,9,18-20H2,1-8H3/q+1. The molecular formula is C27H44NO2+. The second kappa shape index (κ2) is 10.7. The molecule has 3 nitrogen and oxygen atoms in total. The van der Waals surface area contributed by atoms with Crippen molar-refractivity contribution in [2.75, 3.05) is 20.7 Å². The van der Waals surface area contributed by atoms with Gasteiger partial charge in [-0.15, -0.1) is 0 Å². The molecule has 0 bridgehead atoms. The first kappa shape index (κ1) is 24.8. The van der Waals surface area contributed by atoms with E-state index in [2.05, 4.69) is 104 Å². The zero-order chi connectivity index (χ0) is 22.4. The maximum absolute atomic E-state index is 7.08. The van der Waals surface area contributed by atoms with E-state index >= 15 is 0 Å². The smallest absolute Gasteiger partial charge is 0.222 e. The van der Waals surface area contributed by atoms with Crippen molar-refractivity contribution in [2.45, 2.75) is 78.9 Å². The Balaban J connectivity index is 2.42. The van der Waals surface area contributed by atoms with Crippen LogP contribution in [0.3, 0.4) is 0 Å². The minimum atomic E-state index is -0.286. The molecule has 0 aliphatic heterocycles. The van der Waals surface area contributed by atoms with E-state index in [4.69, 9.17) is 9.47 Å². The molecule has 3 atom stereocenters. The van der Waals surface area contributed by atoms with Crippen LogP contribution >= 0.6 is 0 Å². The lowest BCUT2D eigenvalue weighted by atomic mass is 9.86. The number of nitrogens with zero attached hydrogens (tertiary/aromatic N) is 1. The summed E-state index contributed by atoms with van der Waals surface area (Å²) < 4.78 is 13.8. The van der Waals surface area contributed by atoms with Crippen molar-refractivity contribution >= 4 is 0 Å². The fourth-order valence-electron chi connectivity index (χ4n) is 4.35. The highest BCUT2D eigenvalue weighted by atomic mass is 16.6. The number of ether oxygens (including phenoxy) is 2. The first-order chi connectivity index (χ1) is 14.1. The lowest BCUT2D eigenvalue weighted by Gasteiger charge is -2.46. The van der Waals surface area contributed by atoms with Crippen LogP contribution in [0, 0.1) is 11.8 Å². The second-order valence-corrected chi connectivity index (χ2v) is 10.1. The maximum Gasteiger partial charge on any atom is 0.222 e. The number of hydrogen-bond acceptors (Lipinski definition) is 2. The van der Waals surface area contributed by atoms with E-state index in [1.54, 1.807) is 0 Å². The van der Waals surface area contributed by atoms with Crippen LogP contribution in [0.1, 0.15) is 71.7 Å². The van der Waals surface area contributed by atoms with Gasteiger partial charge in [0.25, 0.3) is 0 Å². The van der Waals surface area contributed by atoms with Crippen LogP contribution in [0.5, 0.6) is 0 Å². The van der Waals surface area contributed by atoms with Gasteiger partial charge in [-0.3, -0.25) is 4.48 Å². The Morgan fingerprint density at radius 2 is 1.63 bits per heavy atom. The van der Waals surface area contributed by atoms with E-state index in [1.807, 2.05) is 0 Å². The molecule has 0 amide bonds. The molecule has 0 saturated heterocycles. The normalized spacial score (nSPS) is 21.4. The van der Waals surface area contributed by atoms with Gasteiger partial charge in [0.05, 0.1) is 26.3 Å². The van der Waals surface area contributed by atoms with Crippen molar-refractivity contribution in [3.8, 4) is 0 Å². The van der Waals surface area contributed by atoms with Crippen molar-refractivity contribution < 1.29 is 14.0 Å². The van der Waals surface area contributed by atoms with Gasteiger partial charge < -0.3 is 9.47 Å². The van der Waals surface area contributed by atoms with E-state index in [0.29, 0.717) is 22.9 Å². The van der Waals surface area contributed by atoms with Crippen LogP contribution in [0.15, 0.2) is 48.6 Å². The molecule has 0 radical (unpaired) electrons. The minimum absolute atomic E-state index is 0.0227. The molecule has 3 heteroatoms. The summed E-state index contributed by atoms with van der Waals surface area (Å²) in [5.41, 5.74) is 2.31. The highest BCUT2D eigenvalue weighted by Crippen LogP contribution is 2.39. The Labute approximate surface area is 185 Å². The summed E-state index contributed by atoms with van der Waals surface area (Å²) in [4.78, 5) is 0. The van der Waals surface area contributed by atoms with Crippen molar-refractivity contribution in [3.05, 3.63) is 59.7 Å². The molecule has 1 aromatic carbocycles. The van der Waals surface area contributed by atoms with Gasteiger partial charge in [0, 0.05) is 12.5 Å². The molecular weight excluding hydrogens is 370 g/mol. The highest BCUT2D eigenvalue weighted by molar-refractivity contribution is 5.25. The second-order valence-electron chi connectivity index (χ2n) is 10.1. The SMILES string of the molecule is CCOC(C)[N+](C)(C)C(OC1(CC(C)C)C=CC=CC1)c1ccc(CC(C)C)cc1. The monoisotopic (exact) mass is 414 g/mol. The van der Waals surface area contributed by atoms with Crippen molar-refractivity contribution in [1.29, 1.82) is 0 Å². The molecule has 0 heterocycles. The Kier molecular flexibility index (Phi) is 8.90. The zero-order valence-corrected chi connectivity index (χ0v) is 20.5. The van der Waals surface area contributed by atoms with Crippen molar-refractivity contribution in [1.82, 2.24) is 0 Å². The van der Waals surface area contributed by atoms with Gasteiger partial charge in [0.15, 0.2) is 6.23 Å². The Morgan fingerprint density at radius 1 is 0.967 bits per heavy atom. The number of allylic oxidation sites excluding steroid dienone is 2. The largest absolute Gasteiger partial charge is 0.330 e. The Hall–Kier alpha value is -1.42. The van der Waals surface area contributed by atoms with Crippen LogP contribution < -0.4 is 0 Å². The van der Waals surface area contributed by atoms with Gasteiger partial charge in [0.1, 0.15) is 0 Å². The van der Waals surface area contributed by atoms with Gasteiger partial charge in [-0.25, -0.2) is 0 Å². The third-order valence-electron chi connectivity index (χ3n) is 6.07. The minimum Gasteiger partial charge on any atom is -0.330 e. The van der Waals surface area contributed by atoms with Gasteiger partial charge >= 0.3 is 0 Å². The van der Waals surface area contributed by atoms with Crippen molar-refractivity contribution in [2.24, 2.45) is 11.8 Å². The summed E-state index contributed by atoms with van der Waals surface area (Å²) in [7, 11) is 4.44. The number of quaternary nitrogens is 1. The Bertz CT molecular complexity index is 702. The molecule has 1 aliphatic carbocycles. The summed E-state index contributed by atoms with van der Waals surface area (Å²) >= 11 is 0. The van der Waals surface area contributed by atoms with Crippen LogP contribution in [0.25, 0.3) is 0 Å². The van der Waals surface area contributed by atoms with Gasteiger partial charge in [-0.2, -0.15) is 0 Å². The number of benzene rings is 1. The van der Waals surface area contributed by atoms with E-state index in [-0.39, 0.29) is 18.1 Å². The van der Waals surface area contributed by atoms with Crippen LogP contribution in [-0.4, -0.2) is 37.0 Å². The molecule has 1 aromatic rings. The Morgan fingerprint density at radius 3 is 2.13 bits per heavy atom. The average Bonchev–Trinajstić information content (AvgIpc) is 2.67. The summed E-state index contributed by atoms with van der Waals surface area (Å²) in [6.07, 6.45) is 11.7. The lowest BCUT2D eigenvalue weighted by molar-refractivity contribution is -0.986. The van der Waals surface area contributed by atoms with E-state index in [9.17, 15) is 0 Å². The number of hydrogen-bond donors (Lipinski definition) is 0. The molecule has 30 heavy (non-hydrogen) atoms. The molecule has 0 spiro atoms. The van der Waals surface area contributed by atoms with E-state index in [0.717, 1.165) is 19.3 Å². The van der Waals surface area contributed by atoms with E-state index < -0.39 is 0 Å². The molecule has 2 rings (SSSR count). The summed E-state index contributed by atoms with van der Waals surface area (Å²) in [5.74, 6) is 1.21. The molecule has 0 fully saturated rings. The summed E-state index contributed by atoms with van der Waals surface area (Å²) in [6.45, 7) is 14.0. The predicted octanol–water partition coefficient (Wildman–Crippen LogP) is 6.66. The summed E-state index contributed by atoms with van der Waals surface area (Å²) in [6, 6.07) is 9.05. The first-order valence-electron chi connectivity index (χ1n) is 11.7. The van der Waals surface area contributed by atoms with E-state index in [1.165, 1.54) is 11.1 Å². The zero-order valence-electron chi connectivity index (χ0n) is 20.5. The highest BCUT2D eigenvalue weighted by Gasteiger charge is 2.42. The fourth-order valence-corrected chi connectivity index (χ4v) is 4.35. The third kappa shape index (κ3) is 6.54. The number of rotatable bonds is 11. The summed E-state index contributed by atoms with van der Waals surface area (Å²) in [5, 5.41) is 0. The van der Waals surface area contributed by atoms with Gasteiger partial charge in [0.2, 0.25) is 6.23 Å². The van der Waals surface area contributed by atoms with Gasteiger partial charge in [-0.1, -0.05) is 76.3 Å². The molecule has 0 aromatic heterocycles. The first-order valence-corrected chi connectivity index (χ1v) is 11.7. The molecule has 1 aliphatic rings. The lowest BCUT2D eigenvalue weighted by Crippen LogP contribution is -2.54. The molecule has 168 valence electrons. The quantitative estimate of drug-likeness (QED) is 0.298. The molecule has 0 N–H and O–H groups in total. The molecule has 0 saturated carbocycles. The van der Waals surface area contributed by atoms with Crippen LogP contribution in [0.4, 0.5) is 0 Å². The molecule has 3 unspecified atom stereocenters. The maximum atomic E-state index is 7.08. The van der Waals surface area contributed by atoms with Crippen LogP contribution in [-0.2, 0) is 15.9 Å². The third-order valence-corrected chi connectivity index (χ3v) is 6.07. The van der Waals surface area contributed by atoms with Crippen LogP contribution in [0.2, 0.25) is 0 Å². The topological polar surface area (TPSA) is 18.5 Å².